The van der Waals surface area contributed by atoms with Crippen molar-refractivity contribution in [2.24, 2.45) is 29.1 Å². The van der Waals surface area contributed by atoms with Crippen LogP contribution in [0, 0.1) is 29.1 Å². The number of ether oxygens (including phenoxy) is 2. The van der Waals surface area contributed by atoms with Crippen LogP contribution in [0.4, 0.5) is 37.7 Å². The quantitative estimate of drug-likeness (QED) is 0.173. The molecule has 52 heavy (non-hydrogen) atoms. The summed E-state index contributed by atoms with van der Waals surface area (Å²) < 4.78 is 94.2. The van der Waals surface area contributed by atoms with Crippen LogP contribution in [0.2, 0.25) is 0 Å². The minimum Gasteiger partial charge on any atom is -0.508 e. The highest BCUT2D eigenvalue weighted by Crippen LogP contribution is 2.66. The summed E-state index contributed by atoms with van der Waals surface area (Å²) in [4.78, 5) is 58.7. The van der Waals surface area contributed by atoms with Gasteiger partial charge in [-0.25, -0.2) is 9.80 Å². The Kier molecular flexibility index (Phi) is 8.00. The number of hydrogen-bond donors (Lipinski definition) is 1. The summed E-state index contributed by atoms with van der Waals surface area (Å²) in [7, 11) is 2.64. The molecule has 2 saturated heterocycles. The van der Waals surface area contributed by atoms with Gasteiger partial charge in [0.25, 0.3) is 0 Å². The first-order valence-electron chi connectivity index (χ1n) is 16.2. The van der Waals surface area contributed by atoms with Crippen LogP contribution >= 0.6 is 0 Å². The molecule has 7 rings (SSSR count). The largest absolute Gasteiger partial charge is 0.508 e. The average Bonchev–Trinajstić information content (AvgIpc) is 3.46. The van der Waals surface area contributed by atoms with E-state index in [0.29, 0.717) is 22.6 Å². The molecule has 6 atom stereocenters. The minimum atomic E-state index is -5.23. The van der Waals surface area contributed by atoms with Crippen LogP contribution in [-0.2, 0) is 31.5 Å². The van der Waals surface area contributed by atoms with Crippen LogP contribution in [-0.4, -0.2) is 43.0 Å². The summed E-state index contributed by atoms with van der Waals surface area (Å²) in [5, 5.41) is 10.5. The van der Waals surface area contributed by atoms with Crippen molar-refractivity contribution in [2.45, 2.75) is 38.0 Å². The fourth-order valence-corrected chi connectivity index (χ4v) is 8.68. The Labute approximate surface area is 292 Å². The molecule has 272 valence electrons. The summed E-state index contributed by atoms with van der Waals surface area (Å²) in [5.74, 6) is -8.87. The summed E-state index contributed by atoms with van der Waals surface area (Å²) in [6.07, 6.45) is -9.10. The Hall–Kier alpha value is -5.34. The number of imide groups is 2. The van der Waals surface area contributed by atoms with Gasteiger partial charge in [-0.15, -0.1) is 0 Å². The third kappa shape index (κ3) is 5.06. The lowest BCUT2D eigenvalue weighted by molar-refractivity contribution is -0.143. The molecule has 2 aliphatic heterocycles. The number of carbonyl (C=O) groups excluding carboxylic acids is 4. The smallest absolute Gasteiger partial charge is 0.416 e. The van der Waals surface area contributed by atoms with Crippen molar-refractivity contribution >= 4 is 35.0 Å². The van der Waals surface area contributed by atoms with Gasteiger partial charge < -0.3 is 14.6 Å². The van der Waals surface area contributed by atoms with Crippen LogP contribution in [0.25, 0.3) is 0 Å². The predicted molar refractivity (Wildman–Crippen MR) is 171 cm³/mol. The molecule has 9 nitrogen and oxygen atoms in total. The van der Waals surface area contributed by atoms with Gasteiger partial charge in [-0.2, -0.15) is 26.3 Å². The molecule has 4 amide bonds. The summed E-state index contributed by atoms with van der Waals surface area (Å²) >= 11 is 0. The summed E-state index contributed by atoms with van der Waals surface area (Å²) in [5.41, 5.74) is -4.81. The second-order valence-corrected chi connectivity index (χ2v) is 13.5. The molecule has 2 heterocycles. The van der Waals surface area contributed by atoms with E-state index in [4.69, 9.17) is 9.47 Å². The van der Waals surface area contributed by atoms with Crippen LogP contribution in [0.15, 0.2) is 72.3 Å². The number of fused-ring (bicyclic) bond motifs is 4. The standard InChI is InChI=1S/C37H30F6N2O7/c1-35-25(32(48)45(34(35)50)19-7-5-4-6-8-19)16-24-22(30(35)29-26(51-2)14-21(46)15-27(29)52-3)9-10-23-28(24)33(49)44(31(23)47)20-12-17(36(38,39)40)11-18(13-20)37(41,42)43/h4-9,11-15,23-25,28,30,46H,10,16H2,1-3H3. The topological polar surface area (TPSA) is 113 Å². The van der Waals surface area contributed by atoms with Gasteiger partial charge in [-0.3, -0.25) is 19.2 Å². The summed E-state index contributed by atoms with van der Waals surface area (Å²) in [6.45, 7) is 1.61. The van der Waals surface area contributed by atoms with E-state index in [0.717, 1.165) is 4.90 Å². The number of rotatable bonds is 5. The molecule has 1 N–H and O–H groups in total. The van der Waals surface area contributed by atoms with Crippen molar-refractivity contribution < 1.29 is 60.1 Å². The number of benzene rings is 3. The fourth-order valence-electron chi connectivity index (χ4n) is 8.68. The number of phenolic OH excluding ortho intramolecular Hbond substituents is 1. The van der Waals surface area contributed by atoms with Crippen molar-refractivity contribution in [3.05, 3.63) is 89.0 Å². The number of amides is 4. The Morgan fingerprint density at radius 3 is 1.87 bits per heavy atom. The van der Waals surface area contributed by atoms with Gasteiger partial charge in [-0.05, 0) is 56.0 Å². The van der Waals surface area contributed by atoms with E-state index in [-0.39, 0.29) is 47.4 Å². The zero-order valence-electron chi connectivity index (χ0n) is 27.7. The lowest BCUT2D eigenvalue weighted by Gasteiger charge is -2.49. The number of phenols is 1. The van der Waals surface area contributed by atoms with Crippen molar-refractivity contribution in [3.63, 3.8) is 0 Å². The zero-order valence-corrected chi connectivity index (χ0v) is 27.7. The molecule has 3 aromatic rings. The molecule has 0 aromatic heterocycles. The highest BCUT2D eigenvalue weighted by Gasteiger charge is 2.68. The van der Waals surface area contributed by atoms with Gasteiger partial charge in [-0.1, -0.05) is 29.8 Å². The lowest BCUT2D eigenvalue weighted by Crippen LogP contribution is -2.49. The monoisotopic (exact) mass is 728 g/mol. The predicted octanol–water partition coefficient (Wildman–Crippen LogP) is 6.88. The molecular weight excluding hydrogens is 698 g/mol. The highest BCUT2D eigenvalue weighted by atomic mass is 19.4. The Bertz CT molecular complexity index is 2010. The average molecular weight is 729 g/mol. The van der Waals surface area contributed by atoms with E-state index in [1.807, 2.05) is 0 Å². The van der Waals surface area contributed by atoms with Crippen LogP contribution in [0.1, 0.15) is 42.4 Å². The number of methoxy groups -OCH3 is 2. The number of hydrogen-bond acceptors (Lipinski definition) is 7. The molecule has 2 aliphatic carbocycles. The van der Waals surface area contributed by atoms with E-state index in [1.54, 1.807) is 43.3 Å². The number of aromatic hydroxyl groups is 1. The second-order valence-electron chi connectivity index (χ2n) is 13.5. The molecular formula is C37H30F6N2O7. The maximum Gasteiger partial charge on any atom is 0.416 e. The second kappa shape index (κ2) is 11.9. The molecule has 15 heteroatoms. The van der Waals surface area contributed by atoms with Crippen molar-refractivity contribution in [3.8, 4) is 17.2 Å². The Balaban J connectivity index is 1.40. The lowest BCUT2D eigenvalue weighted by atomic mass is 9.51. The van der Waals surface area contributed by atoms with Gasteiger partial charge in [0.05, 0.1) is 59.9 Å². The molecule has 0 radical (unpaired) electrons. The molecule has 4 aliphatic rings. The van der Waals surface area contributed by atoms with Gasteiger partial charge in [0.15, 0.2) is 0 Å². The SMILES string of the molecule is COc1cc(O)cc(OC)c1C1C2=CCC3C(=O)N(c4cc(C(F)(F)F)cc(C(F)(F)F)c4)C(=O)C3C2CC2C(=O)N(c3ccccc3)C(=O)C21C. The minimum absolute atomic E-state index is 0.0861. The van der Waals surface area contributed by atoms with E-state index < -0.39 is 87.8 Å². The maximum atomic E-state index is 14.6. The number of allylic oxidation sites excluding steroid dienone is 2. The molecule has 3 aromatic carbocycles. The first kappa shape index (κ1) is 35.1. The number of anilines is 2. The fraction of sp³-hybridized carbons (Fsp3) is 0.351. The highest BCUT2D eigenvalue weighted by molar-refractivity contribution is 6.25. The van der Waals surface area contributed by atoms with Crippen molar-refractivity contribution in [1.82, 2.24) is 0 Å². The molecule has 0 spiro atoms. The van der Waals surface area contributed by atoms with Gasteiger partial charge in [0.2, 0.25) is 23.6 Å². The first-order valence-corrected chi connectivity index (χ1v) is 16.2. The number of halogens is 6. The molecule has 3 fully saturated rings. The third-order valence-electron chi connectivity index (χ3n) is 10.9. The normalized spacial score (nSPS) is 27.3. The molecule has 6 unspecified atom stereocenters. The van der Waals surface area contributed by atoms with Crippen molar-refractivity contribution in [1.29, 1.82) is 0 Å². The first-order chi connectivity index (χ1) is 24.4. The van der Waals surface area contributed by atoms with Crippen LogP contribution in [0.3, 0.4) is 0 Å². The van der Waals surface area contributed by atoms with Gasteiger partial charge in [0.1, 0.15) is 17.2 Å². The zero-order chi connectivity index (χ0) is 37.7. The van der Waals surface area contributed by atoms with E-state index in [9.17, 15) is 50.6 Å². The van der Waals surface area contributed by atoms with Crippen LogP contribution < -0.4 is 19.3 Å². The Morgan fingerprint density at radius 2 is 1.33 bits per heavy atom. The van der Waals surface area contributed by atoms with E-state index in [1.165, 1.54) is 26.4 Å². The van der Waals surface area contributed by atoms with Crippen LogP contribution in [0.5, 0.6) is 17.2 Å². The summed E-state index contributed by atoms with van der Waals surface area (Å²) in [6, 6.07) is 11.3. The molecule has 0 bridgehead atoms. The number of para-hydroxylation sites is 1. The third-order valence-corrected chi connectivity index (χ3v) is 10.9. The Morgan fingerprint density at radius 1 is 0.750 bits per heavy atom. The maximum absolute atomic E-state index is 14.6. The number of carbonyl (C=O) groups is 4. The van der Waals surface area contributed by atoms with Gasteiger partial charge in [0, 0.05) is 23.6 Å². The molecule has 1 saturated carbocycles. The van der Waals surface area contributed by atoms with Gasteiger partial charge >= 0.3 is 12.4 Å². The number of alkyl halides is 6. The van der Waals surface area contributed by atoms with E-state index in [2.05, 4.69) is 0 Å². The van der Waals surface area contributed by atoms with Crippen molar-refractivity contribution in [2.75, 3.05) is 24.0 Å². The number of nitrogens with zero attached hydrogens (tertiary/aromatic N) is 2. The van der Waals surface area contributed by atoms with E-state index >= 15 is 0 Å².